The molecule has 0 fully saturated rings. The Balaban J connectivity index is 3.84. The minimum Gasteiger partial charge on any atom is -0.460 e. The Bertz CT molecular complexity index is 263. The third kappa shape index (κ3) is 7.25. The van der Waals surface area contributed by atoms with Gasteiger partial charge in [-0.1, -0.05) is 0 Å². The normalized spacial score (nSPS) is 12.4. The van der Waals surface area contributed by atoms with Gasteiger partial charge in [0.15, 0.2) is 0 Å². The number of carbonyl (C=O) groups excluding carboxylic acids is 2. The Kier molecular flexibility index (Phi) is 4.96. The maximum atomic E-state index is 11.8. The first-order valence-electron chi connectivity index (χ1n) is 4.84. The van der Waals surface area contributed by atoms with Crippen molar-refractivity contribution in [2.45, 2.75) is 51.8 Å². The van der Waals surface area contributed by atoms with Crippen molar-refractivity contribution in [3.63, 3.8) is 0 Å². The zero-order valence-corrected chi connectivity index (χ0v) is 9.48. The number of esters is 1. The minimum atomic E-state index is -4.81. The highest BCUT2D eigenvalue weighted by atomic mass is 19.4. The lowest BCUT2D eigenvalue weighted by Crippen LogP contribution is -2.25. The fourth-order valence-electron chi connectivity index (χ4n) is 0.928. The van der Waals surface area contributed by atoms with Crippen molar-refractivity contribution in [3.05, 3.63) is 0 Å². The largest absolute Gasteiger partial charge is 0.460 e. The number of rotatable bonds is 4. The summed E-state index contributed by atoms with van der Waals surface area (Å²) in [6.45, 7) is 4.98. The first-order chi connectivity index (χ1) is 7.02. The van der Waals surface area contributed by atoms with E-state index < -0.39 is 30.0 Å². The van der Waals surface area contributed by atoms with Crippen LogP contribution in [0.1, 0.15) is 40.0 Å². The summed E-state index contributed by atoms with van der Waals surface area (Å²) in [6, 6.07) is 0. The Morgan fingerprint density at radius 3 is 1.94 bits per heavy atom. The molecule has 0 aromatic rings. The number of halogens is 3. The van der Waals surface area contributed by atoms with Gasteiger partial charge < -0.3 is 4.74 Å². The van der Waals surface area contributed by atoms with Gasteiger partial charge in [0.2, 0.25) is 5.78 Å². The number of carbonyl (C=O) groups is 2. The SMILES string of the molecule is CC(C)(C)OC(=O)CCCC(=O)C(F)(F)F. The molecule has 0 saturated carbocycles. The number of alkyl halides is 3. The van der Waals surface area contributed by atoms with E-state index in [0.717, 1.165) is 0 Å². The van der Waals surface area contributed by atoms with Gasteiger partial charge in [-0.15, -0.1) is 0 Å². The van der Waals surface area contributed by atoms with Crippen molar-refractivity contribution in [2.75, 3.05) is 0 Å². The highest BCUT2D eigenvalue weighted by Gasteiger charge is 2.37. The van der Waals surface area contributed by atoms with Crippen molar-refractivity contribution in [2.24, 2.45) is 0 Å². The standard InChI is InChI=1S/C10H15F3O3/c1-9(2,3)16-8(15)6-4-5-7(14)10(11,12)13/h4-6H2,1-3H3. The van der Waals surface area contributed by atoms with E-state index in [1.807, 2.05) is 0 Å². The van der Waals surface area contributed by atoms with Crippen LogP contribution in [0.25, 0.3) is 0 Å². The zero-order chi connectivity index (χ0) is 13.0. The van der Waals surface area contributed by atoms with Gasteiger partial charge in [-0.3, -0.25) is 9.59 Å². The molecule has 94 valence electrons. The summed E-state index contributed by atoms with van der Waals surface area (Å²) in [7, 11) is 0. The number of ketones is 1. The number of hydrogen-bond acceptors (Lipinski definition) is 3. The molecule has 0 saturated heterocycles. The molecule has 0 heterocycles. The Morgan fingerprint density at radius 1 is 1.06 bits per heavy atom. The zero-order valence-electron chi connectivity index (χ0n) is 9.48. The highest BCUT2D eigenvalue weighted by Crippen LogP contribution is 2.19. The molecule has 0 aliphatic carbocycles. The molecule has 0 atom stereocenters. The summed E-state index contributed by atoms with van der Waals surface area (Å²) in [5.41, 5.74) is -0.662. The topological polar surface area (TPSA) is 43.4 Å². The summed E-state index contributed by atoms with van der Waals surface area (Å²) in [5, 5.41) is 0. The molecule has 3 nitrogen and oxygen atoms in total. The fourth-order valence-corrected chi connectivity index (χ4v) is 0.928. The molecule has 0 aliphatic heterocycles. The lowest BCUT2D eigenvalue weighted by Gasteiger charge is -2.19. The summed E-state index contributed by atoms with van der Waals surface area (Å²) in [4.78, 5) is 21.5. The predicted molar refractivity (Wildman–Crippen MR) is 50.8 cm³/mol. The molecular formula is C10H15F3O3. The van der Waals surface area contributed by atoms with Crippen LogP contribution in [0.2, 0.25) is 0 Å². The third-order valence-corrected chi connectivity index (χ3v) is 1.52. The fraction of sp³-hybridized carbons (Fsp3) is 0.800. The molecule has 0 aromatic heterocycles. The predicted octanol–water partition coefficient (Wildman–Crippen LogP) is 2.63. The van der Waals surface area contributed by atoms with E-state index in [9.17, 15) is 22.8 Å². The molecule has 6 heteroatoms. The van der Waals surface area contributed by atoms with Gasteiger partial charge in [-0.25, -0.2) is 0 Å². The van der Waals surface area contributed by atoms with Crippen LogP contribution < -0.4 is 0 Å². The molecule has 0 amide bonds. The number of hydrogen-bond donors (Lipinski definition) is 0. The summed E-state index contributed by atoms with van der Waals surface area (Å²) in [5.74, 6) is -2.40. The monoisotopic (exact) mass is 240 g/mol. The molecule has 0 bridgehead atoms. The highest BCUT2D eigenvalue weighted by molar-refractivity contribution is 5.84. The van der Waals surface area contributed by atoms with Gasteiger partial charge in [-0.05, 0) is 27.2 Å². The van der Waals surface area contributed by atoms with Crippen LogP contribution in [-0.2, 0) is 14.3 Å². The van der Waals surface area contributed by atoms with Gasteiger partial charge in [-0.2, -0.15) is 13.2 Å². The quantitative estimate of drug-likeness (QED) is 0.709. The van der Waals surface area contributed by atoms with Crippen LogP contribution in [0.3, 0.4) is 0 Å². The first-order valence-corrected chi connectivity index (χ1v) is 4.84. The van der Waals surface area contributed by atoms with Crippen LogP contribution in [-0.4, -0.2) is 23.5 Å². The third-order valence-electron chi connectivity index (χ3n) is 1.52. The Morgan fingerprint density at radius 2 is 1.56 bits per heavy atom. The van der Waals surface area contributed by atoms with E-state index in [4.69, 9.17) is 4.74 Å². The van der Waals surface area contributed by atoms with Crippen LogP contribution in [0.15, 0.2) is 0 Å². The lowest BCUT2D eigenvalue weighted by atomic mass is 10.1. The second-order valence-corrected chi connectivity index (χ2v) is 4.36. The molecule has 16 heavy (non-hydrogen) atoms. The number of Topliss-reactive ketones (excluding diaryl/α,β-unsaturated/α-hetero) is 1. The minimum absolute atomic E-state index is 0.146. The average molecular weight is 240 g/mol. The van der Waals surface area contributed by atoms with Crippen LogP contribution in [0.5, 0.6) is 0 Å². The van der Waals surface area contributed by atoms with E-state index in [-0.39, 0.29) is 12.8 Å². The van der Waals surface area contributed by atoms with Gasteiger partial charge in [0.1, 0.15) is 5.60 Å². The second-order valence-electron chi connectivity index (χ2n) is 4.36. The average Bonchev–Trinajstić information content (AvgIpc) is 1.98. The molecule has 0 rings (SSSR count). The van der Waals surface area contributed by atoms with E-state index in [2.05, 4.69) is 0 Å². The van der Waals surface area contributed by atoms with Crippen molar-refractivity contribution in [1.82, 2.24) is 0 Å². The Hall–Kier alpha value is -1.07. The van der Waals surface area contributed by atoms with Gasteiger partial charge in [0.25, 0.3) is 0 Å². The maximum Gasteiger partial charge on any atom is 0.449 e. The summed E-state index contributed by atoms with van der Waals surface area (Å²) in [6.07, 6.45) is -5.82. The first kappa shape index (κ1) is 14.9. The summed E-state index contributed by atoms with van der Waals surface area (Å²) < 4.78 is 40.2. The van der Waals surface area contributed by atoms with E-state index in [1.54, 1.807) is 20.8 Å². The maximum absolute atomic E-state index is 11.8. The molecule has 0 N–H and O–H groups in total. The molecule has 0 spiro atoms. The molecule has 0 unspecified atom stereocenters. The van der Waals surface area contributed by atoms with Crippen molar-refractivity contribution in [1.29, 1.82) is 0 Å². The molecule has 0 radical (unpaired) electrons. The van der Waals surface area contributed by atoms with Crippen LogP contribution >= 0.6 is 0 Å². The van der Waals surface area contributed by atoms with Crippen molar-refractivity contribution < 1.29 is 27.5 Å². The Labute approximate surface area is 92.0 Å². The van der Waals surface area contributed by atoms with E-state index >= 15 is 0 Å². The van der Waals surface area contributed by atoms with E-state index in [1.165, 1.54) is 0 Å². The van der Waals surface area contributed by atoms with Gasteiger partial charge in [0, 0.05) is 12.8 Å². The van der Waals surface area contributed by atoms with Crippen molar-refractivity contribution >= 4 is 11.8 Å². The van der Waals surface area contributed by atoms with Crippen LogP contribution in [0, 0.1) is 0 Å². The van der Waals surface area contributed by atoms with E-state index in [0.29, 0.717) is 0 Å². The number of ether oxygens (including phenoxy) is 1. The van der Waals surface area contributed by atoms with Gasteiger partial charge in [0.05, 0.1) is 0 Å². The second kappa shape index (κ2) is 5.32. The molecule has 0 aliphatic rings. The summed E-state index contributed by atoms with van der Waals surface area (Å²) >= 11 is 0. The lowest BCUT2D eigenvalue weighted by molar-refractivity contribution is -0.171. The molecular weight excluding hydrogens is 225 g/mol. The van der Waals surface area contributed by atoms with Gasteiger partial charge >= 0.3 is 12.1 Å². The van der Waals surface area contributed by atoms with Crippen molar-refractivity contribution in [3.8, 4) is 0 Å². The smallest absolute Gasteiger partial charge is 0.449 e. The molecule has 0 aromatic carbocycles. The van der Waals surface area contributed by atoms with Crippen LogP contribution in [0.4, 0.5) is 13.2 Å².